The summed E-state index contributed by atoms with van der Waals surface area (Å²) in [5.41, 5.74) is 9.01. The van der Waals surface area contributed by atoms with E-state index in [1.807, 2.05) is 43.3 Å². The molecule has 0 unspecified atom stereocenters. The van der Waals surface area contributed by atoms with Crippen molar-refractivity contribution in [3.8, 4) is 11.5 Å². The molecule has 0 aliphatic rings. The number of carbonyl (C=O) groups excluding carboxylic acids is 1. The summed E-state index contributed by atoms with van der Waals surface area (Å²) in [6.45, 7) is 4.56. The van der Waals surface area contributed by atoms with E-state index in [1.165, 1.54) is 0 Å². The van der Waals surface area contributed by atoms with Gasteiger partial charge >= 0.3 is 6.03 Å². The molecule has 3 aromatic rings. The number of rotatable bonds is 8. The SMILES string of the molecule is COc1ccc(Cn2c(C)cc(OCc3ccccc3CNC(N)=O)c(C)c2=O)cc1Cl. The van der Waals surface area contributed by atoms with Gasteiger partial charge in [0.05, 0.1) is 24.2 Å². The number of amides is 2. The molecule has 0 atom stereocenters. The molecule has 0 saturated carbocycles. The molecule has 3 N–H and O–H groups in total. The predicted molar refractivity (Wildman–Crippen MR) is 124 cm³/mol. The lowest BCUT2D eigenvalue weighted by Crippen LogP contribution is -2.29. The molecule has 2 amide bonds. The van der Waals surface area contributed by atoms with Crippen molar-refractivity contribution in [3.63, 3.8) is 0 Å². The van der Waals surface area contributed by atoms with E-state index in [0.717, 1.165) is 22.4 Å². The van der Waals surface area contributed by atoms with Gasteiger partial charge in [-0.05, 0) is 48.7 Å². The van der Waals surface area contributed by atoms with Crippen LogP contribution in [0.4, 0.5) is 4.79 Å². The largest absolute Gasteiger partial charge is 0.495 e. The number of nitrogens with zero attached hydrogens (tertiary/aromatic N) is 1. The molecule has 32 heavy (non-hydrogen) atoms. The summed E-state index contributed by atoms with van der Waals surface area (Å²) in [6.07, 6.45) is 0. The number of methoxy groups -OCH3 is 1. The number of hydrogen-bond donors (Lipinski definition) is 2. The fourth-order valence-electron chi connectivity index (χ4n) is 3.39. The Bertz CT molecular complexity index is 1190. The van der Waals surface area contributed by atoms with Gasteiger partial charge in [-0.25, -0.2) is 4.79 Å². The Hall–Kier alpha value is -3.45. The molecule has 168 valence electrons. The Kier molecular flexibility index (Phi) is 7.43. The number of pyridine rings is 1. The topological polar surface area (TPSA) is 95.6 Å². The Morgan fingerprint density at radius 1 is 1.09 bits per heavy atom. The number of hydrogen-bond acceptors (Lipinski definition) is 4. The van der Waals surface area contributed by atoms with Crippen LogP contribution in [0, 0.1) is 13.8 Å². The summed E-state index contributed by atoms with van der Waals surface area (Å²) in [5, 5.41) is 3.08. The lowest BCUT2D eigenvalue weighted by atomic mass is 10.1. The van der Waals surface area contributed by atoms with Crippen LogP contribution in [-0.4, -0.2) is 17.7 Å². The third-order valence-corrected chi connectivity index (χ3v) is 5.51. The van der Waals surface area contributed by atoms with Crippen LogP contribution in [0.15, 0.2) is 53.3 Å². The van der Waals surface area contributed by atoms with Crippen molar-refractivity contribution in [2.24, 2.45) is 5.73 Å². The van der Waals surface area contributed by atoms with Crippen LogP contribution < -0.4 is 26.1 Å². The van der Waals surface area contributed by atoms with E-state index in [2.05, 4.69) is 5.32 Å². The Morgan fingerprint density at radius 3 is 2.47 bits per heavy atom. The molecule has 0 aliphatic heterocycles. The van der Waals surface area contributed by atoms with Crippen LogP contribution in [0.1, 0.15) is 27.9 Å². The van der Waals surface area contributed by atoms with E-state index >= 15 is 0 Å². The van der Waals surface area contributed by atoms with Crippen molar-refractivity contribution in [2.75, 3.05) is 7.11 Å². The number of nitrogens with one attached hydrogen (secondary N) is 1. The molecular weight excluding hydrogens is 430 g/mol. The van der Waals surface area contributed by atoms with E-state index in [1.54, 1.807) is 30.7 Å². The van der Waals surface area contributed by atoms with Gasteiger partial charge in [-0.15, -0.1) is 0 Å². The molecule has 0 aliphatic carbocycles. The van der Waals surface area contributed by atoms with Crippen LogP contribution in [0.25, 0.3) is 0 Å². The van der Waals surface area contributed by atoms with Gasteiger partial charge < -0.3 is 25.1 Å². The average Bonchev–Trinajstić information content (AvgIpc) is 2.77. The Labute approximate surface area is 191 Å². The van der Waals surface area contributed by atoms with E-state index in [-0.39, 0.29) is 12.2 Å². The Balaban J connectivity index is 1.80. The molecule has 2 aromatic carbocycles. The highest BCUT2D eigenvalue weighted by molar-refractivity contribution is 6.32. The summed E-state index contributed by atoms with van der Waals surface area (Å²) < 4.78 is 12.9. The average molecular weight is 456 g/mol. The summed E-state index contributed by atoms with van der Waals surface area (Å²) in [4.78, 5) is 24.1. The maximum atomic E-state index is 13.0. The molecule has 0 spiro atoms. The second kappa shape index (κ2) is 10.2. The van der Waals surface area contributed by atoms with Gasteiger partial charge in [0.15, 0.2) is 0 Å². The first-order valence-electron chi connectivity index (χ1n) is 10.1. The molecule has 3 rings (SSSR count). The fraction of sp³-hybridized carbons (Fsp3) is 0.250. The highest BCUT2D eigenvalue weighted by atomic mass is 35.5. The van der Waals surface area contributed by atoms with Gasteiger partial charge in [0.25, 0.3) is 5.56 Å². The quantitative estimate of drug-likeness (QED) is 0.538. The zero-order valence-electron chi connectivity index (χ0n) is 18.3. The normalized spacial score (nSPS) is 10.6. The number of primary amides is 1. The molecule has 0 fully saturated rings. The van der Waals surface area contributed by atoms with Crippen molar-refractivity contribution in [1.29, 1.82) is 0 Å². The predicted octanol–water partition coefficient (Wildman–Crippen LogP) is 3.92. The van der Waals surface area contributed by atoms with E-state index in [0.29, 0.717) is 35.2 Å². The van der Waals surface area contributed by atoms with Gasteiger partial charge in [-0.1, -0.05) is 41.9 Å². The van der Waals surface area contributed by atoms with Crippen molar-refractivity contribution >= 4 is 17.6 Å². The fourth-order valence-corrected chi connectivity index (χ4v) is 3.67. The van der Waals surface area contributed by atoms with E-state index in [9.17, 15) is 9.59 Å². The number of ether oxygens (including phenoxy) is 2. The number of carbonyl (C=O) groups is 1. The van der Waals surface area contributed by atoms with Gasteiger partial charge in [0.2, 0.25) is 0 Å². The molecule has 7 nitrogen and oxygen atoms in total. The number of benzene rings is 2. The van der Waals surface area contributed by atoms with Crippen molar-refractivity contribution in [1.82, 2.24) is 9.88 Å². The maximum Gasteiger partial charge on any atom is 0.312 e. The van der Waals surface area contributed by atoms with Gasteiger partial charge in [0.1, 0.15) is 18.1 Å². The monoisotopic (exact) mass is 455 g/mol. The van der Waals surface area contributed by atoms with Crippen molar-refractivity contribution < 1.29 is 14.3 Å². The highest BCUT2D eigenvalue weighted by Gasteiger charge is 2.13. The van der Waals surface area contributed by atoms with Crippen molar-refractivity contribution in [2.45, 2.75) is 33.5 Å². The molecule has 0 radical (unpaired) electrons. The minimum Gasteiger partial charge on any atom is -0.495 e. The van der Waals surface area contributed by atoms with Gasteiger partial charge in [-0.3, -0.25) is 4.79 Å². The van der Waals surface area contributed by atoms with E-state index < -0.39 is 6.03 Å². The van der Waals surface area contributed by atoms with Crippen LogP contribution in [0.3, 0.4) is 0 Å². The van der Waals surface area contributed by atoms with E-state index in [4.69, 9.17) is 26.8 Å². The number of aryl methyl sites for hydroxylation is 1. The highest BCUT2D eigenvalue weighted by Crippen LogP contribution is 2.26. The standard InChI is InChI=1S/C24H26ClN3O4/c1-15-10-22(32-14-19-7-5-4-6-18(19)12-27-24(26)30)16(2)23(29)28(15)13-17-8-9-21(31-3)20(25)11-17/h4-11H,12-14H2,1-3H3,(H3,26,27,30). The van der Waals surface area contributed by atoms with Gasteiger partial charge in [0, 0.05) is 12.2 Å². The Morgan fingerprint density at radius 2 is 1.81 bits per heavy atom. The number of aromatic nitrogens is 1. The third-order valence-electron chi connectivity index (χ3n) is 5.21. The number of nitrogens with two attached hydrogens (primary N) is 1. The number of halogens is 1. The first kappa shape index (κ1) is 23.2. The van der Waals surface area contributed by atoms with Crippen molar-refractivity contribution in [3.05, 3.63) is 91.9 Å². The molecule has 0 saturated heterocycles. The summed E-state index contributed by atoms with van der Waals surface area (Å²) in [5.74, 6) is 1.11. The maximum absolute atomic E-state index is 13.0. The smallest absolute Gasteiger partial charge is 0.312 e. The zero-order valence-corrected chi connectivity index (χ0v) is 19.0. The van der Waals surface area contributed by atoms with Crippen LogP contribution in [0.5, 0.6) is 11.5 Å². The van der Waals surface area contributed by atoms with Crippen LogP contribution >= 0.6 is 11.6 Å². The second-order valence-electron chi connectivity index (χ2n) is 7.41. The van der Waals surface area contributed by atoms with Gasteiger partial charge in [-0.2, -0.15) is 0 Å². The molecule has 1 aromatic heterocycles. The lowest BCUT2D eigenvalue weighted by Gasteiger charge is -2.17. The van der Waals surface area contributed by atoms with Crippen LogP contribution in [0.2, 0.25) is 5.02 Å². The summed E-state index contributed by atoms with van der Waals surface area (Å²) in [6, 6.07) is 14.3. The number of urea groups is 1. The summed E-state index contributed by atoms with van der Waals surface area (Å²) in [7, 11) is 1.56. The molecule has 1 heterocycles. The van der Waals surface area contributed by atoms with Crippen LogP contribution in [-0.2, 0) is 19.7 Å². The molecular formula is C24H26ClN3O4. The lowest BCUT2D eigenvalue weighted by molar-refractivity contribution is 0.248. The zero-order chi connectivity index (χ0) is 23.3. The first-order chi connectivity index (χ1) is 15.3. The summed E-state index contributed by atoms with van der Waals surface area (Å²) >= 11 is 6.22. The molecule has 8 heteroatoms. The second-order valence-corrected chi connectivity index (χ2v) is 7.82. The third kappa shape index (κ3) is 5.42. The minimum atomic E-state index is -0.589. The first-order valence-corrected chi connectivity index (χ1v) is 10.4. The minimum absolute atomic E-state index is 0.129. The molecule has 0 bridgehead atoms.